The van der Waals surface area contributed by atoms with E-state index in [2.05, 4.69) is 0 Å². The minimum Gasteiger partial charge on any atom is -0.464 e. The molecule has 0 radical (unpaired) electrons. The van der Waals surface area contributed by atoms with Crippen molar-refractivity contribution in [3.63, 3.8) is 0 Å². The molecule has 1 aliphatic heterocycles. The summed E-state index contributed by atoms with van der Waals surface area (Å²) in [7, 11) is 0. The molecule has 110 valence electrons. The zero-order valence-electron chi connectivity index (χ0n) is 12.6. The molecule has 0 spiro atoms. The van der Waals surface area contributed by atoms with Crippen molar-refractivity contribution >= 4 is 12.1 Å². The fraction of sp³-hybridized carbons (Fsp3) is 0.857. The second-order valence-corrected chi connectivity index (χ2v) is 6.08. The second-order valence-electron chi connectivity index (χ2n) is 6.08. The van der Waals surface area contributed by atoms with Gasteiger partial charge in [-0.2, -0.15) is 0 Å². The maximum absolute atomic E-state index is 12.2. The van der Waals surface area contributed by atoms with E-state index in [9.17, 15) is 9.59 Å². The van der Waals surface area contributed by atoms with Crippen LogP contribution in [0.3, 0.4) is 0 Å². The molecule has 1 fully saturated rings. The molecule has 1 atom stereocenters. The van der Waals surface area contributed by atoms with Crippen LogP contribution in [0.5, 0.6) is 0 Å². The minimum atomic E-state index is -0.906. The molecule has 1 unspecified atom stereocenters. The Balaban J connectivity index is 2.88. The van der Waals surface area contributed by atoms with Gasteiger partial charge in [-0.25, -0.2) is 9.59 Å². The van der Waals surface area contributed by atoms with E-state index in [0.29, 0.717) is 19.6 Å². The van der Waals surface area contributed by atoms with Crippen molar-refractivity contribution in [1.82, 2.24) is 4.90 Å². The van der Waals surface area contributed by atoms with Gasteiger partial charge in [0, 0.05) is 6.54 Å². The number of nitrogens with zero attached hydrogens (tertiary/aromatic N) is 1. The fourth-order valence-corrected chi connectivity index (χ4v) is 2.23. The lowest BCUT2D eigenvalue weighted by Crippen LogP contribution is -2.58. The molecule has 0 aromatic carbocycles. The van der Waals surface area contributed by atoms with E-state index in [4.69, 9.17) is 9.47 Å². The van der Waals surface area contributed by atoms with Gasteiger partial charge in [-0.15, -0.1) is 0 Å². The molecular formula is C14H25NO4. The SMILES string of the molecule is CCOC(=O)C1(C)CCCCN1C(=O)OC(C)(C)C. The average Bonchev–Trinajstić information content (AvgIpc) is 2.27. The number of rotatable bonds is 2. The quantitative estimate of drug-likeness (QED) is 0.725. The number of amides is 1. The summed E-state index contributed by atoms with van der Waals surface area (Å²) in [5.41, 5.74) is -1.47. The van der Waals surface area contributed by atoms with Gasteiger partial charge in [0.1, 0.15) is 11.1 Å². The van der Waals surface area contributed by atoms with E-state index in [1.165, 1.54) is 4.90 Å². The molecule has 1 aliphatic rings. The molecule has 0 bridgehead atoms. The van der Waals surface area contributed by atoms with Gasteiger partial charge >= 0.3 is 12.1 Å². The Morgan fingerprint density at radius 1 is 1.26 bits per heavy atom. The lowest BCUT2D eigenvalue weighted by atomic mass is 9.89. The smallest absolute Gasteiger partial charge is 0.411 e. The van der Waals surface area contributed by atoms with Gasteiger partial charge in [0.2, 0.25) is 0 Å². The lowest BCUT2D eigenvalue weighted by Gasteiger charge is -2.42. The Hall–Kier alpha value is -1.26. The normalized spacial score (nSPS) is 23.9. The van der Waals surface area contributed by atoms with Gasteiger partial charge in [-0.1, -0.05) is 0 Å². The number of esters is 1. The molecule has 5 nitrogen and oxygen atoms in total. The predicted molar refractivity (Wildman–Crippen MR) is 71.8 cm³/mol. The van der Waals surface area contributed by atoms with Gasteiger partial charge in [0.15, 0.2) is 0 Å². The summed E-state index contributed by atoms with van der Waals surface area (Å²) in [6.07, 6.45) is 1.97. The topological polar surface area (TPSA) is 55.8 Å². The predicted octanol–water partition coefficient (Wildman–Crippen LogP) is 2.73. The van der Waals surface area contributed by atoms with E-state index in [-0.39, 0.29) is 5.97 Å². The van der Waals surface area contributed by atoms with E-state index in [1.807, 2.05) is 20.8 Å². The Bertz CT molecular complexity index is 348. The highest BCUT2D eigenvalue weighted by Crippen LogP contribution is 2.30. The largest absolute Gasteiger partial charge is 0.464 e. The van der Waals surface area contributed by atoms with Crippen molar-refractivity contribution in [2.45, 2.75) is 65.0 Å². The second kappa shape index (κ2) is 5.80. The minimum absolute atomic E-state index is 0.316. The molecule has 0 aromatic rings. The Morgan fingerprint density at radius 3 is 2.42 bits per heavy atom. The van der Waals surface area contributed by atoms with Crippen LogP contribution in [0.2, 0.25) is 0 Å². The highest BCUT2D eigenvalue weighted by atomic mass is 16.6. The van der Waals surface area contributed by atoms with Gasteiger partial charge in [0.25, 0.3) is 0 Å². The molecule has 1 amide bonds. The molecule has 1 saturated heterocycles. The van der Waals surface area contributed by atoms with Crippen LogP contribution in [0.25, 0.3) is 0 Å². The first kappa shape index (κ1) is 15.8. The van der Waals surface area contributed by atoms with Crippen LogP contribution in [0.4, 0.5) is 4.79 Å². The van der Waals surface area contributed by atoms with Gasteiger partial charge in [-0.3, -0.25) is 4.90 Å². The van der Waals surface area contributed by atoms with E-state index in [1.54, 1.807) is 13.8 Å². The first-order valence-electron chi connectivity index (χ1n) is 6.88. The van der Waals surface area contributed by atoms with Crippen LogP contribution in [-0.4, -0.2) is 41.3 Å². The zero-order chi connectivity index (χ0) is 14.7. The summed E-state index contributed by atoms with van der Waals surface area (Å²) in [5, 5.41) is 0. The first-order valence-corrected chi connectivity index (χ1v) is 6.88. The maximum atomic E-state index is 12.2. The summed E-state index contributed by atoms with van der Waals surface area (Å²) in [4.78, 5) is 25.9. The van der Waals surface area contributed by atoms with Crippen LogP contribution >= 0.6 is 0 Å². The third kappa shape index (κ3) is 3.85. The summed E-state index contributed by atoms with van der Waals surface area (Å²) in [5.74, 6) is -0.347. The summed E-state index contributed by atoms with van der Waals surface area (Å²) in [6, 6.07) is 0. The van der Waals surface area contributed by atoms with E-state index in [0.717, 1.165) is 12.8 Å². The highest BCUT2D eigenvalue weighted by Gasteiger charge is 2.46. The Morgan fingerprint density at radius 2 is 1.89 bits per heavy atom. The van der Waals surface area contributed by atoms with Crippen LogP contribution in [0.15, 0.2) is 0 Å². The summed E-state index contributed by atoms with van der Waals surface area (Å²) < 4.78 is 10.5. The van der Waals surface area contributed by atoms with Crippen molar-refractivity contribution in [3.8, 4) is 0 Å². The van der Waals surface area contributed by atoms with E-state index < -0.39 is 17.2 Å². The molecule has 0 aromatic heterocycles. The molecule has 0 aliphatic carbocycles. The zero-order valence-corrected chi connectivity index (χ0v) is 12.6. The van der Waals surface area contributed by atoms with Crippen LogP contribution in [0, 0.1) is 0 Å². The van der Waals surface area contributed by atoms with Gasteiger partial charge in [0.05, 0.1) is 6.61 Å². The molecule has 0 N–H and O–H groups in total. The summed E-state index contributed by atoms with van der Waals surface area (Å²) >= 11 is 0. The monoisotopic (exact) mass is 271 g/mol. The van der Waals surface area contributed by atoms with E-state index >= 15 is 0 Å². The highest BCUT2D eigenvalue weighted by molar-refractivity contribution is 5.85. The van der Waals surface area contributed by atoms with Crippen LogP contribution in [0.1, 0.15) is 53.9 Å². The van der Waals surface area contributed by atoms with Gasteiger partial charge in [-0.05, 0) is 53.9 Å². The van der Waals surface area contributed by atoms with Crippen molar-refractivity contribution in [3.05, 3.63) is 0 Å². The van der Waals surface area contributed by atoms with Crippen molar-refractivity contribution in [1.29, 1.82) is 0 Å². The van der Waals surface area contributed by atoms with Gasteiger partial charge < -0.3 is 9.47 Å². The number of carbonyl (C=O) groups is 2. The maximum Gasteiger partial charge on any atom is 0.411 e. The van der Waals surface area contributed by atoms with Crippen molar-refractivity contribution < 1.29 is 19.1 Å². The molecule has 0 saturated carbocycles. The van der Waals surface area contributed by atoms with Crippen LogP contribution < -0.4 is 0 Å². The van der Waals surface area contributed by atoms with Crippen LogP contribution in [-0.2, 0) is 14.3 Å². The first-order chi connectivity index (χ1) is 8.70. The Labute approximate surface area is 115 Å². The molecular weight excluding hydrogens is 246 g/mol. The lowest BCUT2D eigenvalue weighted by molar-refractivity contribution is -0.158. The molecule has 19 heavy (non-hydrogen) atoms. The molecule has 1 heterocycles. The number of ether oxygens (including phenoxy) is 2. The summed E-state index contributed by atoms with van der Waals surface area (Å²) in [6.45, 7) is 9.82. The third-order valence-corrected chi connectivity index (χ3v) is 3.22. The Kier molecular flexibility index (Phi) is 4.82. The number of hydrogen-bond donors (Lipinski definition) is 0. The average molecular weight is 271 g/mol. The number of likely N-dealkylation sites (tertiary alicyclic amines) is 1. The standard InChI is InChI=1S/C14H25NO4/c1-6-18-11(16)14(5)9-7-8-10-15(14)12(17)19-13(2,3)4/h6-10H2,1-5H3. The number of carbonyl (C=O) groups excluding carboxylic acids is 2. The third-order valence-electron chi connectivity index (χ3n) is 3.22. The van der Waals surface area contributed by atoms with Crippen molar-refractivity contribution in [2.75, 3.05) is 13.2 Å². The molecule has 5 heteroatoms. The fourth-order valence-electron chi connectivity index (χ4n) is 2.23. The molecule has 1 rings (SSSR count). The van der Waals surface area contributed by atoms with Crippen molar-refractivity contribution in [2.24, 2.45) is 0 Å². The number of hydrogen-bond acceptors (Lipinski definition) is 4. The number of piperidine rings is 1.